The van der Waals surface area contributed by atoms with Crippen molar-refractivity contribution in [3.8, 4) is 5.82 Å². The van der Waals surface area contributed by atoms with Crippen molar-refractivity contribution in [2.24, 2.45) is 5.92 Å². The summed E-state index contributed by atoms with van der Waals surface area (Å²) in [5.41, 5.74) is 1.12. The fourth-order valence-electron chi connectivity index (χ4n) is 1.51. The van der Waals surface area contributed by atoms with E-state index in [1.165, 1.54) is 0 Å². The molecule has 0 aliphatic rings. The lowest BCUT2D eigenvalue weighted by Crippen LogP contribution is -2.00. The van der Waals surface area contributed by atoms with E-state index in [0.717, 1.165) is 17.9 Å². The van der Waals surface area contributed by atoms with E-state index in [2.05, 4.69) is 30.0 Å². The van der Waals surface area contributed by atoms with E-state index in [4.69, 9.17) is 0 Å². The quantitative estimate of drug-likeness (QED) is 0.763. The van der Waals surface area contributed by atoms with E-state index < -0.39 is 0 Å². The first-order valence-electron chi connectivity index (χ1n) is 5.21. The number of nitrogens with zero attached hydrogens (tertiary/aromatic N) is 3. The predicted octanol–water partition coefficient (Wildman–Crippen LogP) is 2.47. The minimum atomic E-state index is 0.636. The van der Waals surface area contributed by atoms with Crippen molar-refractivity contribution in [1.29, 1.82) is 0 Å². The van der Waals surface area contributed by atoms with Gasteiger partial charge in [-0.05, 0) is 30.5 Å². The highest BCUT2D eigenvalue weighted by Gasteiger charge is 2.03. The molecule has 2 aromatic heterocycles. The Morgan fingerprint density at radius 3 is 2.80 bits per heavy atom. The highest BCUT2D eigenvalue weighted by Crippen LogP contribution is 2.07. The Morgan fingerprint density at radius 2 is 2.13 bits per heavy atom. The molecule has 2 aromatic rings. The van der Waals surface area contributed by atoms with Crippen LogP contribution >= 0.6 is 0 Å². The van der Waals surface area contributed by atoms with Gasteiger partial charge in [-0.15, -0.1) is 0 Å². The molecule has 0 atom stereocenters. The summed E-state index contributed by atoms with van der Waals surface area (Å²) in [4.78, 5) is 4.24. The van der Waals surface area contributed by atoms with Crippen molar-refractivity contribution >= 4 is 0 Å². The molecule has 0 amide bonds. The third-order valence-electron chi connectivity index (χ3n) is 2.15. The zero-order valence-corrected chi connectivity index (χ0v) is 9.09. The van der Waals surface area contributed by atoms with Gasteiger partial charge < -0.3 is 0 Å². The van der Waals surface area contributed by atoms with Crippen LogP contribution in [0.5, 0.6) is 0 Å². The molecule has 3 heteroatoms. The summed E-state index contributed by atoms with van der Waals surface area (Å²) in [6.45, 7) is 4.39. The van der Waals surface area contributed by atoms with E-state index >= 15 is 0 Å². The largest absolute Gasteiger partial charge is 0.237 e. The van der Waals surface area contributed by atoms with Gasteiger partial charge in [0.25, 0.3) is 0 Å². The molecule has 0 aromatic carbocycles. The van der Waals surface area contributed by atoms with Crippen LogP contribution in [-0.2, 0) is 6.42 Å². The first kappa shape index (κ1) is 9.90. The molecule has 2 rings (SSSR count). The van der Waals surface area contributed by atoms with Crippen LogP contribution in [0.3, 0.4) is 0 Å². The first-order valence-corrected chi connectivity index (χ1v) is 5.21. The summed E-state index contributed by atoms with van der Waals surface area (Å²) in [5.74, 6) is 1.50. The minimum Gasteiger partial charge on any atom is -0.237 e. The van der Waals surface area contributed by atoms with Gasteiger partial charge >= 0.3 is 0 Å². The Bertz CT molecular complexity index is 417. The third kappa shape index (κ3) is 2.43. The SMILES string of the molecule is CC(C)Cc1ccn(-c2ccccn2)n1. The molecule has 0 aliphatic heterocycles. The van der Waals surface area contributed by atoms with Gasteiger partial charge in [0.05, 0.1) is 5.69 Å². The van der Waals surface area contributed by atoms with Crippen molar-refractivity contribution in [3.05, 3.63) is 42.4 Å². The lowest BCUT2D eigenvalue weighted by Gasteiger charge is -2.00. The van der Waals surface area contributed by atoms with Crippen molar-refractivity contribution in [3.63, 3.8) is 0 Å². The van der Waals surface area contributed by atoms with Crippen LogP contribution in [0.4, 0.5) is 0 Å². The topological polar surface area (TPSA) is 30.7 Å². The molecular weight excluding hydrogens is 186 g/mol. The first-order chi connectivity index (χ1) is 7.25. The lowest BCUT2D eigenvalue weighted by atomic mass is 10.1. The van der Waals surface area contributed by atoms with Crippen LogP contribution in [-0.4, -0.2) is 14.8 Å². The average Bonchev–Trinajstić information content (AvgIpc) is 2.67. The molecule has 3 nitrogen and oxygen atoms in total. The molecule has 2 heterocycles. The Morgan fingerprint density at radius 1 is 1.27 bits per heavy atom. The summed E-state index contributed by atoms with van der Waals surface area (Å²) < 4.78 is 1.82. The summed E-state index contributed by atoms with van der Waals surface area (Å²) in [6, 6.07) is 7.87. The molecule has 0 N–H and O–H groups in total. The van der Waals surface area contributed by atoms with Crippen LogP contribution in [0.1, 0.15) is 19.5 Å². The molecule has 0 bridgehead atoms. The molecule has 0 fully saturated rings. The summed E-state index contributed by atoms with van der Waals surface area (Å²) >= 11 is 0. The Balaban J connectivity index is 2.21. The predicted molar refractivity (Wildman–Crippen MR) is 59.9 cm³/mol. The van der Waals surface area contributed by atoms with Crippen molar-refractivity contribution in [2.75, 3.05) is 0 Å². The van der Waals surface area contributed by atoms with Gasteiger partial charge in [0.1, 0.15) is 0 Å². The molecule has 0 spiro atoms. The van der Waals surface area contributed by atoms with Crippen molar-refractivity contribution < 1.29 is 0 Å². The minimum absolute atomic E-state index is 0.636. The van der Waals surface area contributed by atoms with Crippen LogP contribution in [0.25, 0.3) is 5.82 Å². The van der Waals surface area contributed by atoms with Gasteiger partial charge in [0, 0.05) is 12.4 Å². The maximum atomic E-state index is 4.47. The Labute approximate surface area is 89.8 Å². The number of aromatic nitrogens is 3. The van der Waals surface area contributed by atoms with E-state index in [1.54, 1.807) is 6.20 Å². The lowest BCUT2D eigenvalue weighted by molar-refractivity contribution is 0.627. The van der Waals surface area contributed by atoms with Gasteiger partial charge in [-0.1, -0.05) is 19.9 Å². The van der Waals surface area contributed by atoms with Crippen LogP contribution in [0, 0.1) is 5.92 Å². The van der Waals surface area contributed by atoms with E-state index in [1.807, 2.05) is 29.1 Å². The highest BCUT2D eigenvalue weighted by molar-refractivity contribution is 5.21. The molecule has 0 unspecified atom stereocenters. The number of pyridine rings is 1. The zero-order valence-electron chi connectivity index (χ0n) is 9.09. The second kappa shape index (κ2) is 4.26. The molecule has 15 heavy (non-hydrogen) atoms. The second-order valence-corrected chi connectivity index (χ2v) is 4.04. The van der Waals surface area contributed by atoms with Crippen LogP contribution < -0.4 is 0 Å². The standard InChI is InChI=1S/C12H15N3/c1-10(2)9-11-6-8-15(14-11)12-5-3-4-7-13-12/h3-8,10H,9H2,1-2H3. The van der Waals surface area contributed by atoms with Gasteiger partial charge in [0.2, 0.25) is 0 Å². The molecule has 78 valence electrons. The molecule has 0 saturated carbocycles. The van der Waals surface area contributed by atoms with Gasteiger partial charge in [-0.2, -0.15) is 5.10 Å². The fourth-order valence-corrected chi connectivity index (χ4v) is 1.51. The monoisotopic (exact) mass is 201 g/mol. The highest BCUT2D eigenvalue weighted by atomic mass is 15.3. The Hall–Kier alpha value is -1.64. The number of hydrogen-bond acceptors (Lipinski definition) is 2. The van der Waals surface area contributed by atoms with Crippen molar-refractivity contribution in [1.82, 2.24) is 14.8 Å². The molecule has 0 aliphatic carbocycles. The number of hydrogen-bond donors (Lipinski definition) is 0. The summed E-state index contributed by atoms with van der Waals surface area (Å²) in [6.07, 6.45) is 4.75. The van der Waals surface area contributed by atoms with Gasteiger partial charge in [-0.25, -0.2) is 9.67 Å². The molecular formula is C12H15N3. The maximum absolute atomic E-state index is 4.47. The summed E-state index contributed by atoms with van der Waals surface area (Å²) in [7, 11) is 0. The fraction of sp³-hybridized carbons (Fsp3) is 0.333. The molecule has 0 saturated heterocycles. The summed E-state index contributed by atoms with van der Waals surface area (Å²) in [5, 5.41) is 4.47. The smallest absolute Gasteiger partial charge is 0.153 e. The van der Waals surface area contributed by atoms with Crippen LogP contribution in [0.15, 0.2) is 36.7 Å². The van der Waals surface area contributed by atoms with E-state index in [0.29, 0.717) is 5.92 Å². The normalized spacial score (nSPS) is 10.9. The Kier molecular flexibility index (Phi) is 2.81. The molecule has 0 radical (unpaired) electrons. The average molecular weight is 201 g/mol. The van der Waals surface area contributed by atoms with E-state index in [-0.39, 0.29) is 0 Å². The maximum Gasteiger partial charge on any atom is 0.153 e. The van der Waals surface area contributed by atoms with Gasteiger partial charge in [0.15, 0.2) is 5.82 Å². The van der Waals surface area contributed by atoms with Gasteiger partial charge in [-0.3, -0.25) is 0 Å². The zero-order chi connectivity index (χ0) is 10.7. The van der Waals surface area contributed by atoms with Crippen molar-refractivity contribution in [2.45, 2.75) is 20.3 Å². The van der Waals surface area contributed by atoms with Crippen LogP contribution in [0.2, 0.25) is 0 Å². The second-order valence-electron chi connectivity index (χ2n) is 4.04. The number of rotatable bonds is 3. The third-order valence-corrected chi connectivity index (χ3v) is 2.15. The van der Waals surface area contributed by atoms with E-state index in [9.17, 15) is 0 Å².